The van der Waals surface area contributed by atoms with Crippen LogP contribution in [-0.2, 0) is 6.42 Å². The Morgan fingerprint density at radius 1 is 1.43 bits per heavy atom. The van der Waals surface area contributed by atoms with Crippen LogP contribution < -0.4 is 10.1 Å². The van der Waals surface area contributed by atoms with Crippen molar-refractivity contribution in [3.05, 3.63) is 15.9 Å². The molecule has 0 atom stereocenters. The normalized spacial score (nSPS) is 14.3. The third-order valence-electron chi connectivity index (χ3n) is 3.03. The van der Waals surface area contributed by atoms with E-state index in [0.717, 1.165) is 19.3 Å². The molecular weight excluding hydrogens is 272 g/mol. The van der Waals surface area contributed by atoms with E-state index in [1.807, 2.05) is 6.92 Å². The number of hydrogen-bond acceptors (Lipinski definition) is 6. The molecule has 0 radical (unpaired) electrons. The summed E-state index contributed by atoms with van der Waals surface area (Å²) >= 11 is 0. The zero-order valence-corrected chi connectivity index (χ0v) is 12.8. The van der Waals surface area contributed by atoms with Gasteiger partial charge in [0.1, 0.15) is 5.82 Å². The molecule has 0 bridgehead atoms. The van der Waals surface area contributed by atoms with E-state index in [1.165, 1.54) is 0 Å². The molecule has 1 aromatic heterocycles. The second-order valence-corrected chi connectivity index (χ2v) is 5.76. The molecule has 21 heavy (non-hydrogen) atoms. The second kappa shape index (κ2) is 6.69. The van der Waals surface area contributed by atoms with Gasteiger partial charge in [-0.05, 0) is 25.2 Å². The Bertz CT molecular complexity index is 515. The highest BCUT2D eigenvalue weighted by molar-refractivity contribution is 5.62. The smallest absolute Gasteiger partial charge is 0.372 e. The largest absolute Gasteiger partial charge is 0.473 e. The van der Waals surface area contributed by atoms with Crippen LogP contribution in [0.1, 0.15) is 45.9 Å². The zero-order chi connectivity index (χ0) is 15.4. The summed E-state index contributed by atoms with van der Waals surface area (Å²) in [5.41, 5.74) is -0.150. The summed E-state index contributed by atoms with van der Waals surface area (Å²) in [6.45, 7) is 6.48. The average Bonchev–Trinajstić information content (AvgIpc) is 3.18. The Morgan fingerprint density at radius 3 is 2.67 bits per heavy atom. The summed E-state index contributed by atoms with van der Waals surface area (Å²) in [6, 6.07) is 0.282. The molecule has 7 nitrogen and oxygen atoms in total. The minimum absolute atomic E-state index is 0.0793. The molecule has 1 aromatic rings. The predicted octanol–water partition coefficient (Wildman–Crippen LogP) is 2.95. The van der Waals surface area contributed by atoms with E-state index in [0.29, 0.717) is 30.6 Å². The number of hydrogen-bond donors (Lipinski definition) is 1. The van der Waals surface area contributed by atoms with Crippen LogP contribution in [0.3, 0.4) is 0 Å². The van der Waals surface area contributed by atoms with Crippen LogP contribution in [0.2, 0.25) is 0 Å². The number of nitro groups is 1. The molecule has 116 valence electrons. The van der Waals surface area contributed by atoms with Crippen LogP contribution in [0, 0.1) is 16.0 Å². The van der Waals surface area contributed by atoms with E-state index in [9.17, 15) is 10.1 Å². The Labute approximate surface area is 124 Å². The van der Waals surface area contributed by atoms with Crippen LogP contribution in [0.5, 0.6) is 5.88 Å². The summed E-state index contributed by atoms with van der Waals surface area (Å²) in [7, 11) is 0. The maximum atomic E-state index is 11.3. The number of anilines is 1. The number of ether oxygens (including phenoxy) is 1. The van der Waals surface area contributed by atoms with Gasteiger partial charge in [-0.3, -0.25) is 10.1 Å². The van der Waals surface area contributed by atoms with Crippen LogP contribution in [0.4, 0.5) is 11.5 Å². The van der Waals surface area contributed by atoms with Crippen molar-refractivity contribution in [2.75, 3.05) is 11.9 Å². The lowest BCUT2D eigenvalue weighted by Crippen LogP contribution is -2.13. The Hall–Kier alpha value is -1.92. The molecular formula is C14H22N4O3. The second-order valence-electron chi connectivity index (χ2n) is 5.76. The zero-order valence-electron chi connectivity index (χ0n) is 12.8. The number of rotatable bonds is 8. The van der Waals surface area contributed by atoms with Gasteiger partial charge in [0, 0.05) is 12.5 Å². The first-order valence-corrected chi connectivity index (χ1v) is 7.45. The van der Waals surface area contributed by atoms with Gasteiger partial charge in [0.15, 0.2) is 0 Å². The molecule has 0 amide bonds. The maximum absolute atomic E-state index is 11.3. The SMILES string of the molecule is CCCOc1nc(CC(C)C)nc(NC2CC2)c1[N+](=O)[O-]. The first-order chi connectivity index (χ1) is 10.0. The van der Waals surface area contributed by atoms with Crippen molar-refractivity contribution in [3.63, 3.8) is 0 Å². The molecule has 1 fully saturated rings. The van der Waals surface area contributed by atoms with Gasteiger partial charge < -0.3 is 10.1 Å². The minimum atomic E-state index is -0.463. The van der Waals surface area contributed by atoms with Crippen LogP contribution in [0.25, 0.3) is 0 Å². The number of aromatic nitrogens is 2. The van der Waals surface area contributed by atoms with Gasteiger partial charge in [-0.15, -0.1) is 0 Å². The molecule has 1 N–H and O–H groups in total. The van der Waals surface area contributed by atoms with Gasteiger partial charge in [-0.25, -0.2) is 4.98 Å². The fourth-order valence-electron chi connectivity index (χ4n) is 1.92. The van der Waals surface area contributed by atoms with Crippen molar-refractivity contribution in [1.82, 2.24) is 9.97 Å². The minimum Gasteiger partial charge on any atom is -0.473 e. The maximum Gasteiger partial charge on any atom is 0.372 e. The molecule has 1 heterocycles. The fraction of sp³-hybridized carbons (Fsp3) is 0.714. The lowest BCUT2D eigenvalue weighted by Gasteiger charge is -2.12. The summed E-state index contributed by atoms with van der Waals surface area (Å²) in [4.78, 5) is 19.5. The van der Waals surface area contributed by atoms with Crippen LogP contribution in [0.15, 0.2) is 0 Å². The lowest BCUT2D eigenvalue weighted by molar-refractivity contribution is -0.385. The Kier molecular flexibility index (Phi) is 4.93. The molecule has 0 spiro atoms. The van der Waals surface area contributed by atoms with Gasteiger partial charge in [-0.1, -0.05) is 20.8 Å². The molecule has 2 rings (SSSR count). The van der Waals surface area contributed by atoms with Gasteiger partial charge in [0.05, 0.1) is 11.5 Å². The number of nitrogens with zero attached hydrogens (tertiary/aromatic N) is 3. The van der Waals surface area contributed by atoms with Crippen molar-refractivity contribution in [3.8, 4) is 5.88 Å². The van der Waals surface area contributed by atoms with E-state index in [-0.39, 0.29) is 17.6 Å². The Balaban J connectivity index is 2.38. The van der Waals surface area contributed by atoms with Gasteiger partial charge in [0.25, 0.3) is 5.88 Å². The summed E-state index contributed by atoms with van der Waals surface area (Å²) in [6.07, 6.45) is 3.48. The molecule has 0 aliphatic heterocycles. The van der Waals surface area contributed by atoms with Crippen molar-refractivity contribution >= 4 is 11.5 Å². The summed E-state index contributed by atoms with van der Waals surface area (Å²) in [5.74, 6) is 1.33. The van der Waals surface area contributed by atoms with Gasteiger partial charge >= 0.3 is 5.69 Å². The highest BCUT2D eigenvalue weighted by Crippen LogP contribution is 2.35. The van der Waals surface area contributed by atoms with E-state index in [1.54, 1.807) is 0 Å². The summed E-state index contributed by atoms with van der Waals surface area (Å²) in [5, 5.41) is 14.5. The Morgan fingerprint density at radius 2 is 2.14 bits per heavy atom. The topological polar surface area (TPSA) is 90.2 Å². The van der Waals surface area contributed by atoms with Gasteiger partial charge in [-0.2, -0.15) is 4.98 Å². The molecule has 1 saturated carbocycles. The predicted molar refractivity (Wildman–Crippen MR) is 79.7 cm³/mol. The molecule has 0 unspecified atom stereocenters. The third kappa shape index (κ3) is 4.27. The quantitative estimate of drug-likeness (QED) is 0.585. The van der Waals surface area contributed by atoms with E-state index in [4.69, 9.17) is 4.74 Å². The lowest BCUT2D eigenvalue weighted by atomic mass is 10.1. The van der Waals surface area contributed by atoms with E-state index in [2.05, 4.69) is 29.1 Å². The molecule has 1 aliphatic carbocycles. The van der Waals surface area contributed by atoms with Crippen LogP contribution in [-0.4, -0.2) is 27.5 Å². The van der Waals surface area contributed by atoms with Gasteiger partial charge in [0.2, 0.25) is 5.82 Å². The van der Waals surface area contributed by atoms with E-state index >= 15 is 0 Å². The number of nitrogens with one attached hydrogen (secondary N) is 1. The van der Waals surface area contributed by atoms with Crippen LogP contribution >= 0.6 is 0 Å². The summed E-state index contributed by atoms with van der Waals surface area (Å²) < 4.78 is 5.48. The van der Waals surface area contributed by atoms with Crippen molar-refractivity contribution in [1.29, 1.82) is 0 Å². The fourth-order valence-corrected chi connectivity index (χ4v) is 1.92. The standard InChI is InChI=1S/C14H22N4O3/c1-4-7-21-14-12(18(19)20)13(15-10-5-6-10)16-11(17-14)8-9(2)3/h9-10H,4-8H2,1-3H3,(H,15,16,17). The monoisotopic (exact) mass is 294 g/mol. The average molecular weight is 294 g/mol. The molecule has 0 saturated heterocycles. The highest BCUT2D eigenvalue weighted by Gasteiger charge is 2.31. The molecule has 1 aliphatic rings. The van der Waals surface area contributed by atoms with Crippen molar-refractivity contribution in [2.24, 2.45) is 5.92 Å². The van der Waals surface area contributed by atoms with E-state index < -0.39 is 4.92 Å². The highest BCUT2D eigenvalue weighted by atomic mass is 16.6. The van der Waals surface area contributed by atoms with Crippen molar-refractivity contribution < 1.29 is 9.66 Å². The first kappa shape index (κ1) is 15.5. The first-order valence-electron chi connectivity index (χ1n) is 7.45. The molecule has 0 aromatic carbocycles. The molecule has 7 heteroatoms. The third-order valence-corrected chi connectivity index (χ3v) is 3.03. The van der Waals surface area contributed by atoms with Crippen molar-refractivity contribution in [2.45, 2.75) is 52.5 Å².